The molecule has 4 aliphatic rings. The zero-order valence-electron chi connectivity index (χ0n) is 17.1. The van der Waals surface area contributed by atoms with Gasteiger partial charge in [-0.1, -0.05) is 42.8 Å². The number of halogens is 1. The van der Waals surface area contributed by atoms with Crippen molar-refractivity contribution in [1.82, 2.24) is 4.90 Å². The van der Waals surface area contributed by atoms with Crippen molar-refractivity contribution < 1.29 is 14.4 Å². The largest absolute Gasteiger partial charge is 0.324 e. The second-order valence-corrected chi connectivity index (χ2v) is 9.23. The van der Waals surface area contributed by atoms with Crippen molar-refractivity contribution >= 4 is 40.7 Å². The molecule has 3 saturated heterocycles. The van der Waals surface area contributed by atoms with Crippen LogP contribution >= 0.6 is 11.6 Å². The molecule has 3 amide bonds. The van der Waals surface area contributed by atoms with Crippen LogP contribution in [0.4, 0.5) is 11.4 Å². The smallest absolute Gasteiger partial charge is 0.250 e. The third-order valence-electron chi connectivity index (χ3n) is 7.56. The van der Waals surface area contributed by atoms with Crippen LogP contribution < -0.4 is 10.2 Å². The highest BCUT2D eigenvalue weighted by atomic mass is 35.5. The summed E-state index contributed by atoms with van der Waals surface area (Å²) in [5.41, 5.74) is 1.93. The summed E-state index contributed by atoms with van der Waals surface area (Å²) in [5, 5.41) is 3.37. The molecule has 4 heterocycles. The number of nitrogens with zero attached hydrogens (tertiary/aromatic N) is 2. The van der Waals surface area contributed by atoms with Crippen molar-refractivity contribution in [2.45, 2.75) is 37.8 Å². The summed E-state index contributed by atoms with van der Waals surface area (Å²) in [5.74, 6) is -2.08. The summed E-state index contributed by atoms with van der Waals surface area (Å²) in [7, 11) is 0. The van der Waals surface area contributed by atoms with E-state index in [9.17, 15) is 14.4 Å². The monoisotopic (exact) mass is 435 g/mol. The van der Waals surface area contributed by atoms with Crippen LogP contribution in [0, 0.1) is 11.8 Å². The maximum absolute atomic E-state index is 13.9. The second-order valence-electron chi connectivity index (χ2n) is 8.82. The predicted molar refractivity (Wildman–Crippen MR) is 117 cm³/mol. The molecule has 0 aromatic heterocycles. The van der Waals surface area contributed by atoms with Crippen molar-refractivity contribution in [2.75, 3.05) is 16.8 Å². The van der Waals surface area contributed by atoms with Crippen molar-refractivity contribution in [2.24, 2.45) is 11.8 Å². The first-order valence-electron chi connectivity index (χ1n) is 10.8. The highest BCUT2D eigenvalue weighted by Gasteiger charge is 2.74. The van der Waals surface area contributed by atoms with Crippen molar-refractivity contribution in [1.29, 1.82) is 0 Å². The third kappa shape index (κ3) is 2.19. The molecule has 2 aromatic carbocycles. The molecule has 2 aromatic rings. The number of fused-ring (bicyclic) bond motifs is 7. The van der Waals surface area contributed by atoms with E-state index in [1.807, 2.05) is 18.2 Å². The van der Waals surface area contributed by atoms with Crippen LogP contribution in [0.5, 0.6) is 0 Å². The number of carbonyl (C=O) groups is 3. The summed E-state index contributed by atoms with van der Waals surface area (Å²) in [4.78, 5) is 44.6. The number of hydrogen-bond acceptors (Lipinski definition) is 4. The van der Waals surface area contributed by atoms with E-state index in [0.717, 1.165) is 36.1 Å². The second kappa shape index (κ2) is 6.40. The summed E-state index contributed by atoms with van der Waals surface area (Å²) in [6.07, 6.45) is 2.53. The topological polar surface area (TPSA) is 69.7 Å². The normalized spacial score (nSPS) is 31.4. The maximum atomic E-state index is 13.9. The molecule has 0 radical (unpaired) electrons. The van der Waals surface area contributed by atoms with Gasteiger partial charge in [-0.25, -0.2) is 4.90 Å². The van der Waals surface area contributed by atoms with Gasteiger partial charge < -0.3 is 5.32 Å². The Morgan fingerprint density at radius 3 is 2.71 bits per heavy atom. The number of hydrogen-bond donors (Lipinski definition) is 1. The molecule has 158 valence electrons. The minimum absolute atomic E-state index is 0.129. The number of benzene rings is 2. The van der Waals surface area contributed by atoms with Crippen molar-refractivity contribution in [3.63, 3.8) is 0 Å². The van der Waals surface area contributed by atoms with Gasteiger partial charge in [0.15, 0.2) is 0 Å². The molecule has 0 aliphatic carbocycles. The van der Waals surface area contributed by atoms with Crippen molar-refractivity contribution in [3.8, 4) is 0 Å². The van der Waals surface area contributed by atoms with Crippen molar-refractivity contribution in [3.05, 3.63) is 58.6 Å². The first kappa shape index (κ1) is 19.0. The molecule has 31 heavy (non-hydrogen) atoms. The molecular weight excluding hydrogens is 414 g/mol. The van der Waals surface area contributed by atoms with Crippen LogP contribution in [0.1, 0.15) is 30.9 Å². The van der Waals surface area contributed by atoms with Crippen LogP contribution in [0.3, 0.4) is 0 Å². The lowest BCUT2D eigenvalue weighted by Crippen LogP contribution is -2.54. The molecule has 4 atom stereocenters. The van der Waals surface area contributed by atoms with E-state index >= 15 is 0 Å². The number of aryl methyl sites for hydroxylation is 1. The molecule has 1 spiro atoms. The van der Waals surface area contributed by atoms with Gasteiger partial charge in [-0.15, -0.1) is 0 Å². The highest BCUT2D eigenvalue weighted by Crippen LogP contribution is 2.61. The van der Waals surface area contributed by atoms with Crippen LogP contribution in [0.25, 0.3) is 0 Å². The minimum Gasteiger partial charge on any atom is -0.324 e. The number of amides is 3. The molecule has 6 rings (SSSR count). The van der Waals surface area contributed by atoms with E-state index in [2.05, 4.69) is 17.1 Å². The Bertz CT molecular complexity index is 1160. The number of carbonyl (C=O) groups excluding carboxylic acids is 3. The van der Waals surface area contributed by atoms with E-state index in [0.29, 0.717) is 17.3 Å². The van der Waals surface area contributed by atoms with Gasteiger partial charge in [-0.3, -0.25) is 19.3 Å². The summed E-state index contributed by atoms with van der Waals surface area (Å²) >= 11 is 6.37. The summed E-state index contributed by atoms with van der Waals surface area (Å²) < 4.78 is 0. The third-order valence-corrected chi connectivity index (χ3v) is 7.88. The number of nitrogens with one attached hydrogen (secondary N) is 1. The van der Waals surface area contributed by atoms with Gasteiger partial charge in [0.25, 0.3) is 0 Å². The zero-order chi connectivity index (χ0) is 21.5. The molecule has 1 N–H and O–H groups in total. The fraction of sp³-hybridized carbons (Fsp3) is 0.375. The maximum Gasteiger partial charge on any atom is 0.250 e. The average Bonchev–Trinajstić information content (AvgIpc) is 3.47. The lowest BCUT2D eigenvalue weighted by atomic mass is 9.75. The Morgan fingerprint density at radius 1 is 1.13 bits per heavy atom. The molecular formula is C24H22ClN3O3. The van der Waals surface area contributed by atoms with E-state index in [4.69, 9.17) is 11.6 Å². The van der Waals surface area contributed by atoms with Crippen LogP contribution in [-0.4, -0.2) is 35.2 Å². The quantitative estimate of drug-likeness (QED) is 0.734. The van der Waals surface area contributed by atoms with E-state index < -0.39 is 17.4 Å². The summed E-state index contributed by atoms with van der Waals surface area (Å²) in [6, 6.07) is 12.7. The van der Waals surface area contributed by atoms with Gasteiger partial charge in [-0.05, 0) is 49.6 Å². The standard InChI is InChI=1S/C24H22ClN3O3/c1-2-13-9-10-16-14(12-13)24(23(31)26-16)20-19(18-8-5-11-27(18)24)21(29)28(22(20)30)17-7-4-3-6-15(17)25/h3-4,6-7,9-10,12,18-20H,2,5,8,11H2,1H3,(H,26,31)/t18-,19+,20-,24+/m0/s1. The number of imide groups is 1. The fourth-order valence-electron chi connectivity index (χ4n) is 6.34. The first-order chi connectivity index (χ1) is 15.0. The molecule has 7 heteroatoms. The SMILES string of the molecule is CCc1ccc2c(c1)[C@]1(C(=O)N2)[C@@H]2C(=O)N(c3ccccc3Cl)C(=O)[C@@H]2[C@@H]2CCCN21. The number of anilines is 2. The number of rotatable bonds is 2. The molecule has 0 unspecified atom stereocenters. The molecule has 0 bridgehead atoms. The molecule has 0 saturated carbocycles. The average molecular weight is 436 g/mol. The zero-order valence-corrected chi connectivity index (χ0v) is 17.9. The van der Waals surface area contributed by atoms with Crippen LogP contribution in [-0.2, 0) is 26.3 Å². The van der Waals surface area contributed by atoms with Gasteiger partial charge in [0.05, 0.1) is 22.5 Å². The van der Waals surface area contributed by atoms with Gasteiger partial charge >= 0.3 is 0 Å². The van der Waals surface area contributed by atoms with Gasteiger partial charge in [-0.2, -0.15) is 0 Å². The fourth-order valence-corrected chi connectivity index (χ4v) is 6.56. The lowest BCUT2D eigenvalue weighted by molar-refractivity contribution is -0.135. The Balaban J connectivity index is 1.57. The van der Waals surface area contributed by atoms with Gasteiger partial charge in [0.2, 0.25) is 17.7 Å². The molecule has 4 aliphatic heterocycles. The highest BCUT2D eigenvalue weighted by molar-refractivity contribution is 6.36. The van der Waals surface area contributed by atoms with Gasteiger partial charge in [0, 0.05) is 17.3 Å². The van der Waals surface area contributed by atoms with Gasteiger partial charge in [0.1, 0.15) is 5.54 Å². The Kier molecular flexibility index (Phi) is 3.93. The Labute approximate surface area is 185 Å². The van der Waals surface area contributed by atoms with E-state index in [-0.39, 0.29) is 23.8 Å². The van der Waals surface area contributed by atoms with Crippen LogP contribution in [0.2, 0.25) is 5.02 Å². The molecule has 3 fully saturated rings. The molecule has 6 nitrogen and oxygen atoms in total. The van der Waals surface area contributed by atoms with E-state index in [1.54, 1.807) is 24.3 Å². The summed E-state index contributed by atoms with van der Waals surface area (Å²) in [6.45, 7) is 2.77. The minimum atomic E-state index is -1.14. The van der Waals surface area contributed by atoms with E-state index in [1.165, 1.54) is 4.90 Å². The van der Waals surface area contributed by atoms with Crippen LogP contribution in [0.15, 0.2) is 42.5 Å². The first-order valence-corrected chi connectivity index (χ1v) is 11.2. The number of para-hydroxylation sites is 1. The lowest BCUT2D eigenvalue weighted by Gasteiger charge is -2.36. The predicted octanol–water partition coefficient (Wildman–Crippen LogP) is 3.33. The Morgan fingerprint density at radius 2 is 1.94 bits per heavy atom. The Hall–Kier alpha value is -2.70.